The minimum absolute atomic E-state index is 0.0543. The summed E-state index contributed by atoms with van der Waals surface area (Å²) in [5.41, 5.74) is 0.0633. The number of fused-ring (bicyclic) bond motifs is 1. The molecular formula is C18H24N2O4. The van der Waals surface area contributed by atoms with Crippen LogP contribution in [0.2, 0.25) is 0 Å². The number of esters is 1. The first-order valence-corrected chi connectivity index (χ1v) is 8.08. The van der Waals surface area contributed by atoms with Gasteiger partial charge in [0.2, 0.25) is 0 Å². The smallest absolute Gasteiger partial charge is 0.327 e. The van der Waals surface area contributed by atoms with E-state index in [9.17, 15) is 14.7 Å². The number of hydrogen-bond acceptors (Lipinski definition) is 5. The summed E-state index contributed by atoms with van der Waals surface area (Å²) in [7, 11) is 0. The molecule has 0 aliphatic rings. The van der Waals surface area contributed by atoms with Crippen LogP contribution in [0.5, 0.6) is 0 Å². The van der Waals surface area contributed by atoms with Gasteiger partial charge in [-0.15, -0.1) is 0 Å². The first kappa shape index (κ1) is 18.1. The van der Waals surface area contributed by atoms with Crippen LogP contribution >= 0.6 is 0 Å². The Morgan fingerprint density at radius 1 is 1.33 bits per heavy atom. The van der Waals surface area contributed by atoms with Crippen molar-refractivity contribution in [2.45, 2.75) is 52.7 Å². The van der Waals surface area contributed by atoms with Gasteiger partial charge in [0.15, 0.2) is 0 Å². The second-order valence-electron chi connectivity index (χ2n) is 6.63. The van der Waals surface area contributed by atoms with E-state index < -0.39 is 11.6 Å². The first-order chi connectivity index (χ1) is 11.1. The summed E-state index contributed by atoms with van der Waals surface area (Å²) >= 11 is 0. The van der Waals surface area contributed by atoms with Gasteiger partial charge in [0.1, 0.15) is 6.54 Å². The van der Waals surface area contributed by atoms with Crippen LogP contribution in [-0.2, 0) is 21.7 Å². The van der Waals surface area contributed by atoms with E-state index in [4.69, 9.17) is 4.74 Å². The van der Waals surface area contributed by atoms with Gasteiger partial charge in [-0.2, -0.15) is 5.10 Å². The minimum Gasteiger partial charge on any atom is -0.465 e. The molecule has 1 aromatic heterocycles. The van der Waals surface area contributed by atoms with Crippen molar-refractivity contribution in [3.8, 4) is 0 Å². The third kappa shape index (κ3) is 3.64. The van der Waals surface area contributed by atoms with Crippen molar-refractivity contribution < 1.29 is 14.6 Å². The fourth-order valence-corrected chi connectivity index (χ4v) is 2.55. The zero-order chi connectivity index (χ0) is 18.1. The Morgan fingerprint density at radius 3 is 2.54 bits per heavy atom. The molecule has 1 heterocycles. The lowest BCUT2D eigenvalue weighted by Crippen LogP contribution is -2.29. The summed E-state index contributed by atoms with van der Waals surface area (Å²) in [6.45, 7) is 9.08. The summed E-state index contributed by atoms with van der Waals surface area (Å²) in [5, 5.41) is 15.8. The summed E-state index contributed by atoms with van der Waals surface area (Å²) in [4.78, 5) is 24.3. The molecule has 1 N–H and O–H groups in total. The maximum Gasteiger partial charge on any atom is 0.327 e. The molecule has 130 valence electrons. The lowest BCUT2D eigenvalue weighted by Gasteiger charge is -2.20. The Labute approximate surface area is 141 Å². The fourth-order valence-electron chi connectivity index (χ4n) is 2.55. The van der Waals surface area contributed by atoms with E-state index in [-0.39, 0.29) is 24.6 Å². The molecule has 0 amide bonds. The van der Waals surface area contributed by atoms with Crippen molar-refractivity contribution in [2.24, 2.45) is 0 Å². The van der Waals surface area contributed by atoms with E-state index in [0.717, 1.165) is 4.68 Å². The Bertz CT molecular complexity index is 816. The monoisotopic (exact) mass is 332 g/mol. The quantitative estimate of drug-likeness (QED) is 0.850. The highest BCUT2D eigenvalue weighted by Gasteiger charge is 2.20. The summed E-state index contributed by atoms with van der Waals surface area (Å²) < 4.78 is 6.06. The van der Waals surface area contributed by atoms with Gasteiger partial charge in [-0.25, -0.2) is 4.68 Å². The molecule has 6 heteroatoms. The van der Waals surface area contributed by atoms with E-state index >= 15 is 0 Å². The van der Waals surface area contributed by atoms with Crippen molar-refractivity contribution in [2.75, 3.05) is 6.61 Å². The van der Waals surface area contributed by atoms with Crippen LogP contribution in [-0.4, -0.2) is 27.5 Å². The number of rotatable bonds is 5. The Morgan fingerprint density at radius 2 is 2.00 bits per heavy atom. The molecule has 0 aliphatic heterocycles. The van der Waals surface area contributed by atoms with E-state index in [2.05, 4.69) is 5.10 Å². The van der Waals surface area contributed by atoms with E-state index in [1.54, 1.807) is 39.0 Å². The van der Waals surface area contributed by atoms with Gasteiger partial charge in [0, 0.05) is 5.39 Å². The van der Waals surface area contributed by atoms with Crippen molar-refractivity contribution in [3.05, 3.63) is 39.8 Å². The molecule has 0 saturated heterocycles. The SMILES string of the molecule is CCOC(=O)Cn1nc(C(C)C)c2cc(C(C)(C)O)ccc2c1=O. The molecule has 0 radical (unpaired) electrons. The van der Waals surface area contributed by atoms with Crippen LogP contribution < -0.4 is 5.56 Å². The normalized spacial score (nSPS) is 12.0. The van der Waals surface area contributed by atoms with Crippen LogP contribution in [0.1, 0.15) is 51.8 Å². The number of ether oxygens (including phenoxy) is 1. The van der Waals surface area contributed by atoms with Crippen LogP contribution in [0.3, 0.4) is 0 Å². The highest BCUT2D eigenvalue weighted by molar-refractivity contribution is 5.85. The first-order valence-electron chi connectivity index (χ1n) is 8.08. The highest BCUT2D eigenvalue weighted by Crippen LogP contribution is 2.27. The summed E-state index contributed by atoms with van der Waals surface area (Å²) in [6.07, 6.45) is 0. The van der Waals surface area contributed by atoms with Gasteiger partial charge in [-0.1, -0.05) is 19.9 Å². The lowest BCUT2D eigenvalue weighted by molar-refractivity contribution is -0.144. The second-order valence-corrected chi connectivity index (χ2v) is 6.63. The van der Waals surface area contributed by atoms with Crippen molar-refractivity contribution >= 4 is 16.7 Å². The predicted molar refractivity (Wildman–Crippen MR) is 92.0 cm³/mol. The molecule has 0 unspecified atom stereocenters. The maximum absolute atomic E-state index is 12.6. The van der Waals surface area contributed by atoms with Crippen LogP contribution in [0.4, 0.5) is 0 Å². The van der Waals surface area contributed by atoms with E-state index in [0.29, 0.717) is 22.0 Å². The van der Waals surface area contributed by atoms with Gasteiger partial charge in [-0.05, 0) is 44.4 Å². The van der Waals surface area contributed by atoms with E-state index in [1.165, 1.54) is 0 Å². The number of benzene rings is 1. The number of aliphatic hydroxyl groups is 1. The van der Waals surface area contributed by atoms with Crippen molar-refractivity contribution in [1.82, 2.24) is 9.78 Å². The van der Waals surface area contributed by atoms with Gasteiger partial charge in [0.05, 0.1) is 23.3 Å². The minimum atomic E-state index is -1.01. The van der Waals surface area contributed by atoms with Gasteiger partial charge >= 0.3 is 5.97 Å². The van der Waals surface area contributed by atoms with Gasteiger partial charge in [0.25, 0.3) is 5.56 Å². The summed E-state index contributed by atoms with van der Waals surface area (Å²) in [6, 6.07) is 5.20. The van der Waals surface area contributed by atoms with E-state index in [1.807, 2.05) is 13.8 Å². The average molecular weight is 332 g/mol. The standard InChI is InChI=1S/C18H24N2O4/c1-6-24-15(21)10-20-17(22)13-8-7-12(18(4,5)23)9-14(13)16(19-20)11(2)3/h7-9,11,23H,6,10H2,1-5H3. The number of carbonyl (C=O) groups excluding carboxylic acids is 1. The van der Waals surface area contributed by atoms with Gasteiger partial charge in [-0.3, -0.25) is 9.59 Å². The largest absolute Gasteiger partial charge is 0.465 e. The lowest BCUT2D eigenvalue weighted by atomic mass is 9.94. The van der Waals surface area contributed by atoms with Gasteiger partial charge < -0.3 is 9.84 Å². The van der Waals surface area contributed by atoms with Crippen molar-refractivity contribution in [3.63, 3.8) is 0 Å². The molecule has 0 fully saturated rings. The number of carbonyl (C=O) groups is 1. The molecule has 0 bridgehead atoms. The highest BCUT2D eigenvalue weighted by atomic mass is 16.5. The number of aromatic nitrogens is 2. The predicted octanol–water partition coefficient (Wildman–Crippen LogP) is 2.31. The molecule has 1 aromatic carbocycles. The molecular weight excluding hydrogens is 308 g/mol. The third-order valence-corrected chi connectivity index (χ3v) is 3.83. The second kappa shape index (κ2) is 6.73. The molecule has 24 heavy (non-hydrogen) atoms. The number of hydrogen-bond donors (Lipinski definition) is 1. The topological polar surface area (TPSA) is 81.4 Å². The molecule has 2 rings (SSSR count). The number of nitrogens with zero attached hydrogens (tertiary/aromatic N) is 2. The fraction of sp³-hybridized carbons (Fsp3) is 0.500. The van der Waals surface area contributed by atoms with Crippen LogP contribution in [0.15, 0.2) is 23.0 Å². The zero-order valence-electron chi connectivity index (χ0n) is 14.8. The third-order valence-electron chi connectivity index (χ3n) is 3.83. The molecule has 0 saturated carbocycles. The Balaban J connectivity index is 2.68. The molecule has 0 aliphatic carbocycles. The zero-order valence-corrected chi connectivity index (χ0v) is 14.8. The Kier molecular flexibility index (Phi) is 5.08. The Hall–Kier alpha value is -2.21. The van der Waals surface area contributed by atoms with Crippen LogP contribution in [0, 0.1) is 0 Å². The summed E-state index contributed by atoms with van der Waals surface area (Å²) in [5.74, 6) is -0.437. The average Bonchev–Trinajstić information content (AvgIpc) is 2.48. The molecule has 0 spiro atoms. The van der Waals surface area contributed by atoms with Crippen LogP contribution in [0.25, 0.3) is 10.8 Å². The maximum atomic E-state index is 12.6. The molecule has 0 atom stereocenters. The van der Waals surface area contributed by atoms with Crippen molar-refractivity contribution in [1.29, 1.82) is 0 Å². The molecule has 6 nitrogen and oxygen atoms in total. The molecule has 2 aromatic rings.